The Morgan fingerprint density at radius 3 is 2.61 bits per heavy atom. The van der Waals surface area contributed by atoms with Crippen molar-refractivity contribution in [2.45, 2.75) is 43.4 Å². The highest BCUT2D eigenvalue weighted by atomic mass is 16.9. The Bertz CT molecular complexity index is 1470. The second-order valence-electron chi connectivity index (χ2n) is 12.2. The Labute approximate surface area is 252 Å². The van der Waals surface area contributed by atoms with Crippen LogP contribution in [0.4, 0.5) is 0 Å². The van der Waals surface area contributed by atoms with Crippen LogP contribution in [-0.2, 0) is 19.2 Å². The number of piperidine rings is 1. The molecule has 0 radical (unpaired) electrons. The van der Waals surface area contributed by atoms with E-state index in [0.717, 1.165) is 0 Å². The lowest BCUT2D eigenvalue weighted by Gasteiger charge is -2.53. The van der Waals surface area contributed by atoms with Gasteiger partial charge >= 0.3 is 0 Å². The van der Waals surface area contributed by atoms with Gasteiger partial charge in [-0.3, -0.25) is 24.2 Å². The number of carbonyl (C=O) groups excluding carboxylic acids is 3. The third-order valence-corrected chi connectivity index (χ3v) is 9.46. The van der Waals surface area contributed by atoms with Crippen molar-refractivity contribution in [2.24, 2.45) is 17.8 Å². The van der Waals surface area contributed by atoms with E-state index in [0.29, 0.717) is 31.5 Å². The molecule has 1 saturated heterocycles. The molecule has 7 atom stereocenters. The molecule has 1 aliphatic heterocycles. The summed E-state index contributed by atoms with van der Waals surface area (Å²) < 4.78 is 0. The van der Waals surface area contributed by atoms with Crippen molar-refractivity contribution in [3.63, 3.8) is 0 Å². The summed E-state index contributed by atoms with van der Waals surface area (Å²) in [5, 5.41) is 69.1. The Hall–Kier alpha value is -4.05. The number of hydrogen-bond acceptors (Lipinski definition) is 13. The minimum absolute atomic E-state index is 0.0465. The van der Waals surface area contributed by atoms with Gasteiger partial charge in [-0.2, -0.15) is 0 Å². The van der Waals surface area contributed by atoms with Crippen LogP contribution in [0.1, 0.15) is 36.8 Å². The lowest BCUT2D eigenvalue weighted by atomic mass is 9.54. The van der Waals surface area contributed by atoms with Gasteiger partial charge < -0.3 is 35.7 Å². The quantitative estimate of drug-likeness (QED) is 0.135. The fourth-order valence-electron chi connectivity index (χ4n) is 7.43. The van der Waals surface area contributed by atoms with Crippen LogP contribution in [0.15, 0.2) is 35.1 Å². The van der Waals surface area contributed by atoms with Gasteiger partial charge in [0, 0.05) is 18.0 Å². The number of aliphatic hydroxyl groups excluding tert-OH is 3. The van der Waals surface area contributed by atoms with Crippen molar-refractivity contribution in [3.8, 4) is 5.75 Å². The van der Waals surface area contributed by atoms with Crippen molar-refractivity contribution in [3.05, 3.63) is 56.3 Å². The van der Waals surface area contributed by atoms with Gasteiger partial charge in [-0.15, -0.1) is 10.1 Å². The summed E-state index contributed by atoms with van der Waals surface area (Å²) in [7, 11) is 2.94. The maximum Gasteiger partial charge on any atom is 0.294 e. The number of aromatic hydroxyl groups is 1. The number of phenolic OH excluding ortho intramolecular Hbond substituents is 1. The highest BCUT2D eigenvalue weighted by Crippen LogP contribution is 2.56. The van der Waals surface area contributed by atoms with Gasteiger partial charge in [-0.1, -0.05) is 19.1 Å². The van der Waals surface area contributed by atoms with Crippen molar-refractivity contribution in [2.75, 3.05) is 40.5 Å². The predicted octanol–water partition coefficient (Wildman–Crippen LogP) is 0.00450. The lowest BCUT2D eigenvalue weighted by Crippen LogP contribution is -2.70. The number of carbonyl (C=O) groups is 3. The van der Waals surface area contributed by atoms with Gasteiger partial charge in [0.2, 0.25) is 5.78 Å². The molecule has 1 aromatic carbocycles. The normalized spacial score (nSPS) is 32.2. The van der Waals surface area contributed by atoms with Crippen LogP contribution in [0.25, 0.3) is 5.76 Å². The van der Waals surface area contributed by atoms with E-state index in [9.17, 15) is 50.0 Å². The van der Waals surface area contributed by atoms with Crippen LogP contribution >= 0.6 is 0 Å². The third-order valence-electron chi connectivity index (χ3n) is 9.46. The number of rotatable bonds is 7. The summed E-state index contributed by atoms with van der Waals surface area (Å²) in [5.41, 5.74) is -3.85. The van der Waals surface area contributed by atoms with E-state index in [1.807, 2.05) is 0 Å². The molecule has 0 aromatic heterocycles. The molecule has 6 N–H and O–H groups in total. The zero-order valence-corrected chi connectivity index (χ0v) is 24.5. The van der Waals surface area contributed by atoms with Crippen molar-refractivity contribution >= 4 is 23.2 Å². The highest BCUT2D eigenvalue weighted by molar-refractivity contribution is 6.25. The smallest absolute Gasteiger partial charge is 0.294 e. The van der Waals surface area contributed by atoms with Gasteiger partial charge in [0.25, 0.3) is 11.0 Å². The molecule has 0 spiro atoms. The zero-order chi connectivity index (χ0) is 32.2. The van der Waals surface area contributed by atoms with E-state index in [4.69, 9.17) is 0 Å². The molecule has 3 aliphatic carbocycles. The Balaban J connectivity index is 1.51. The van der Waals surface area contributed by atoms with Crippen molar-refractivity contribution < 1.29 is 49.8 Å². The standard InChI is InChI=1S/C29H36N4O11/c1-13-15-7-4-8-16(34)18(15)23(35)19-17(13)24(36)21-22(31(2)3)25(37)20(27(39)29(21,41)26(19)38)28(40)30-12-32-9-5-6-14(10-32)11-44-33(42)43/h4,7-8,13-14,17,21-22,24,34-36,39,41H,5-6,9-12H2,1-3H3,(H,30,40)/t13-,14?,17+,21+,22-,24-,29-/m0/s1. The maximum absolute atomic E-state index is 14.2. The molecule has 15 nitrogen and oxygen atoms in total. The molecule has 1 aromatic rings. The van der Waals surface area contributed by atoms with Gasteiger partial charge in [0.1, 0.15) is 29.4 Å². The first-order valence-electron chi connectivity index (χ1n) is 14.3. The number of likely N-dealkylation sites (tertiary alicyclic amines) is 1. The Morgan fingerprint density at radius 2 is 1.95 bits per heavy atom. The van der Waals surface area contributed by atoms with Crippen LogP contribution in [0.5, 0.6) is 5.75 Å². The number of nitrogens with one attached hydrogen (secondary N) is 1. The van der Waals surface area contributed by atoms with E-state index in [-0.39, 0.29) is 30.5 Å². The Kier molecular flexibility index (Phi) is 8.18. The number of phenols is 1. The van der Waals surface area contributed by atoms with E-state index in [1.54, 1.807) is 24.0 Å². The molecule has 1 unspecified atom stereocenters. The van der Waals surface area contributed by atoms with E-state index in [1.165, 1.54) is 25.1 Å². The number of likely N-dealkylation sites (N-methyl/N-ethyl adjacent to an activating group) is 1. The van der Waals surface area contributed by atoms with Crippen molar-refractivity contribution in [1.29, 1.82) is 0 Å². The van der Waals surface area contributed by atoms with Gasteiger partial charge in [0.15, 0.2) is 11.4 Å². The molecular formula is C29H36N4O11. The molecule has 2 fully saturated rings. The predicted molar refractivity (Wildman–Crippen MR) is 151 cm³/mol. The third kappa shape index (κ3) is 4.80. The summed E-state index contributed by atoms with van der Waals surface area (Å²) >= 11 is 0. The van der Waals surface area contributed by atoms with Crippen LogP contribution in [0.3, 0.4) is 0 Å². The molecule has 15 heteroatoms. The van der Waals surface area contributed by atoms with E-state index in [2.05, 4.69) is 10.2 Å². The molecule has 4 aliphatic rings. The first-order chi connectivity index (χ1) is 20.7. The van der Waals surface area contributed by atoms with Crippen LogP contribution in [-0.4, -0.2) is 116 Å². The largest absolute Gasteiger partial charge is 0.508 e. The number of fused-ring (bicyclic) bond motifs is 3. The molecule has 5 rings (SSSR count). The van der Waals surface area contributed by atoms with Crippen molar-refractivity contribution in [1.82, 2.24) is 15.1 Å². The van der Waals surface area contributed by atoms with E-state index < -0.39 is 80.7 Å². The van der Waals surface area contributed by atoms with Gasteiger partial charge in [-0.05, 0) is 56.9 Å². The molecule has 1 saturated carbocycles. The summed E-state index contributed by atoms with van der Waals surface area (Å²) in [5.74, 6) is -8.96. The molecule has 238 valence electrons. The number of benzene rings is 1. The lowest BCUT2D eigenvalue weighted by molar-refractivity contribution is -0.759. The SMILES string of the molecule is C[C@H]1c2cccc(O)c2C(O)=C2C(=O)[C@]3(O)C(O)=C(C(=O)NCN4CCCC(CO[N+](=O)[O-])C4)C(=O)[C@@H](N(C)C)[C@@H]3[C@@H](O)[C@@H]21. The second-order valence-corrected chi connectivity index (χ2v) is 12.2. The van der Waals surface area contributed by atoms with Gasteiger partial charge in [-0.25, -0.2) is 0 Å². The first kappa shape index (κ1) is 31.4. The number of amides is 1. The van der Waals surface area contributed by atoms with Crippen LogP contribution < -0.4 is 5.32 Å². The number of Topliss-reactive ketones (excluding diaryl/α,β-unsaturated/α-hetero) is 2. The highest BCUT2D eigenvalue weighted by Gasteiger charge is 2.68. The van der Waals surface area contributed by atoms with E-state index >= 15 is 0 Å². The molecular weight excluding hydrogens is 580 g/mol. The maximum atomic E-state index is 14.2. The monoisotopic (exact) mass is 616 g/mol. The van der Waals surface area contributed by atoms with Gasteiger partial charge in [0.05, 0.1) is 30.3 Å². The summed E-state index contributed by atoms with van der Waals surface area (Å²) in [6, 6.07) is 3.06. The molecule has 44 heavy (non-hydrogen) atoms. The fraction of sp³-hybridized carbons (Fsp3) is 0.552. The average Bonchev–Trinajstić information content (AvgIpc) is 2.97. The van der Waals surface area contributed by atoms with Crippen LogP contribution in [0, 0.1) is 27.9 Å². The average molecular weight is 617 g/mol. The number of ketones is 2. The summed E-state index contributed by atoms with van der Waals surface area (Å²) in [6.07, 6.45) is -0.298. The fourth-order valence-corrected chi connectivity index (χ4v) is 7.43. The number of aliphatic hydroxyl groups is 4. The Morgan fingerprint density at radius 1 is 1.25 bits per heavy atom. The topological polar surface area (TPSA) is 223 Å². The summed E-state index contributed by atoms with van der Waals surface area (Å²) in [4.78, 5) is 59.6. The minimum Gasteiger partial charge on any atom is -0.508 e. The second kappa shape index (κ2) is 11.5. The number of hydrogen-bond donors (Lipinski definition) is 6. The van der Waals surface area contributed by atoms with Crippen LogP contribution in [0.2, 0.25) is 0 Å². The molecule has 0 bridgehead atoms. The zero-order valence-electron chi connectivity index (χ0n) is 24.5. The minimum atomic E-state index is -2.97. The first-order valence-corrected chi connectivity index (χ1v) is 14.3. The molecule has 1 heterocycles. The molecule has 1 amide bonds. The number of nitrogens with zero attached hydrogens (tertiary/aromatic N) is 3. The summed E-state index contributed by atoms with van der Waals surface area (Å²) in [6.45, 7) is 2.34.